The molecule has 0 atom stereocenters. The van der Waals surface area contributed by atoms with Crippen molar-refractivity contribution in [1.29, 1.82) is 0 Å². The third kappa shape index (κ3) is 1.96. The number of nitrogens with zero attached hydrogens (tertiary/aromatic N) is 4. The van der Waals surface area contributed by atoms with E-state index in [2.05, 4.69) is 20.0 Å². The monoisotopic (exact) mass is 245 g/mol. The van der Waals surface area contributed by atoms with Gasteiger partial charge in [0.25, 0.3) is 0 Å². The van der Waals surface area contributed by atoms with Gasteiger partial charge in [-0.25, -0.2) is 4.79 Å². The Labute approximate surface area is 95.4 Å². The van der Waals surface area contributed by atoms with Crippen LogP contribution >= 0.6 is 12.4 Å². The molecule has 0 saturated heterocycles. The van der Waals surface area contributed by atoms with Crippen LogP contribution in [0.1, 0.15) is 5.56 Å². The molecule has 9 heteroatoms. The van der Waals surface area contributed by atoms with E-state index in [9.17, 15) is 4.79 Å². The number of hydrogen-bond acceptors (Lipinski definition) is 6. The second kappa shape index (κ2) is 4.19. The van der Waals surface area contributed by atoms with Crippen LogP contribution in [0, 0.1) is 6.92 Å². The van der Waals surface area contributed by atoms with Gasteiger partial charge in [0.2, 0.25) is 11.8 Å². The molecule has 0 radical (unpaired) electrons. The van der Waals surface area contributed by atoms with Gasteiger partial charge in [0.15, 0.2) is 5.65 Å². The van der Waals surface area contributed by atoms with Crippen LogP contribution in [-0.4, -0.2) is 31.1 Å². The molecule has 0 amide bonds. The lowest BCUT2D eigenvalue weighted by Crippen LogP contribution is -2.08. The first-order valence-electron chi connectivity index (χ1n) is 3.97. The number of nitrogens with two attached hydrogens (primary N) is 1. The molecule has 0 saturated carbocycles. The number of ether oxygens (including phenoxy) is 1. The van der Waals surface area contributed by atoms with Gasteiger partial charge in [-0.2, -0.15) is 4.52 Å². The number of fused-ring (bicyclic) bond motifs is 1. The first kappa shape index (κ1) is 12.0. The van der Waals surface area contributed by atoms with E-state index in [0.717, 1.165) is 0 Å². The fourth-order valence-electron chi connectivity index (χ4n) is 1.15. The number of carbonyl (C=O) groups is 1. The molecule has 2 aromatic heterocycles. The topological polar surface area (TPSA) is 116 Å². The second-order valence-corrected chi connectivity index (χ2v) is 2.83. The van der Waals surface area contributed by atoms with Crippen LogP contribution in [0.15, 0.2) is 6.07 Å². The molecule has 2 aromatic rings. The molecular formula is C7H8ClN5O3. The van der Waals surface area contributed by atoms with Gasteiger partial charge in [-0.05, 0) is 6.92 Å². The van der Waals surface area contributed by atoms with E-state index in [1.54, 1.807) is 6.92 Å². The van der Waals surface area contributed by atoms with Crippen molar-refractivity contribution in [3.05, 3.63) is 11.6 Å². The summed E-state index contributed by atoms with van der Waals surface area (Å²) >= 11 is 0. The fourth-order valence-corrected chi connectivity index (χ4v) is 1.15. The Bertz CT molecular complexity index is 540. The summed E-state index contributed by atoms with van der Waals surface area (Å²) in [6, 6.07) is 1.44. The van der Waals surface area contributed by atoms with Gasteiger partial charge < -0.3 is 15.6 Å². The van der Waals surface area contributed by atoms with Crippen molar-refractivity contribution in [2.45, 2.75) is 6.92 Å². The summed E-state index contributed by atoms with van der Waals surface area (Å²) in [5.41, 5.74) is 6.60. The summed E-state index contributed by atoms with van der Waals surface area (Å²) in [4.78, 5) is 10.3. The van der Waals surface area contributed by atoms with Gasteiger partial charge in [0, 0.05) is 11.6 Å². The van der Waals surface area contributed by atoms with E-state index in [1.807, 2.05) is 0 Å². The maximum Gasteiger partial charge on any atom is 0.512 e. The summed E-state index contributed by atoms with van der Waals surface area (Å²) in [7, 11) is 0. The van der Waals surface area contributed by atoms with Crippen molar-refractivity contribution in [1.82, 2.24) is 19.8 Å². The number of aryl methyl sites for hydroxylation is 1. The molecule has 16 heavy (non-hydrogen) atoms. The van der Waals surface area contributed by atoms with Gasteiger partial charge in [0.05, 0.1) is 0 Å². The Morgan fingerprint density at radius 2 is 2.25 bits per heavy atom. The Kier molecular flexibility index (Phi) is 3.14. The Balaban J connectivity index is 0.00000128. The van der Waals surface area contributed by atoms with Crippen LogP contribution in [0.3, 0.4) is 0 Å². The van der Waals surface area contributed by atoms with Gasteiger partial charge >= 0.3 is 6.16 Å². The molecule has 2 rings (SSSR count). The quantitative estimate of drug-likeness (QED) is 0.703. The Morgan fingerprint density at radius 1 is 1.56 bits per heavy atom. The molecule has 0 aliphatic carbocycles. The summed E-state index contributed by atoms with van der Waals surface area (Å²) in [6.07, 6.45) is -1.44. The molecule has 0 bridgehead atoms. The van der Waals surface area contributed by atoms with Gasteiger partial charge in [-0.1, -0.05) is 0 Å². The average molecular weight is 246 g/mol. The third-order valence-electron chi connectivity index (χ3n) is 1.75. The van der Waals surface area contributed by atoms with E-state index >= 15 is 0 Å². The number of hydrogen-bond donors (Lipinski definition) is 2. The molecule has 86 valence electrons. The highest BCUT2D eigenvalue weighted by molar-refractivity contribution is 5.85. The van der Waals surface area contributed by atoms with Crippen LogP contribution in [0.5, 0.6) is 5.88 Å². The number of anilines is 1. The minimum atomic E-state index is -1.44. The lowest BCUT2D eigenvalue weighted by Gasteiger charge is -2.01. The van der Waals surface area contributed by atoms with Crippen molar-refractivity contribution in [3.8, 4) is 5.88 Å². The Morgan fingerprint density at radius 3 is 2.88 bits per heavy atom. The van der Waals surface area contributed by atoms with Crippen LogP contribution in [0.25, 0.3) is 5.65 Å². The van der Waals surface area contributed by atoms with Gasteiger partial charge in [0.1, 0.15) is 0 Å². The maximum absolute atomic E-state index is 10.3. The summed E-state index contributed by atoms with van der Waals surface area (Å²) in [5, 5.41) is 19.6. The van der Waals surface area contributed by atoms with E-state index in [0.29, 0.717) is 11.2 Å². The molecule has 0 fully saturated rings. The number of nitrogen functional groups attached to an aromatic ring is 1. The standard InChI is InChI=1S/C7H7N5O3.ClH/c1-3-2-4(15-7(13)14)11-12-5(3)9-10-6(12)8;/h2H,1H3,(H2,8,10)(H,13,14);1H. The first-order chi connectivity index (χ1) is 7.08. The minimum absolute atomic E-state index is 0. The zero-order valence-electron chi connectivity index (χ0n) is 8.12. The number of halogens is 1. The molecule has 8 nitrogen and oxygen atoms in total. The highest BCUT2D eigenvalue weighted by Crippen LogP contribution is 2.15. The number of carboxylic acid groups (broad SMARTS) is 1. The predicted molar refractivity (Wildman–Crippen MR) is 55.8 cm³/mol. The van der Waals surface area contributed by atoms with Crippen molar-refractivity contribution < 1.29 is 14.6 Å². The summed E-state index contributed by atoms with van der Waals surface area (Å²) in [6.45, 7) is 1.72. The van der Waals surface area contributed by atoms with E-state index in [-0.39, 0.29) is 24.2 Å². The molecule has 0 aliphatic rings. The lowest BCUT2D eigenvalue weighted by molar-refractivity contribution is 0.142. The molecular weight excluding hydrogens is 238 g/mol. The average Bonchev–Trinajstić information content (AvgIpc) is 2.47. The second-order valence-electron chi connectivity index (χ2n) is 2.83. The van der Waals surface area contributed by atoms with E-state index in [4.69, 9.17) is 10.8 Å². The van der Waals surface area contributed by atoms with Crippen molar-refractivity contribution in [3.63, 3.8) is 0 Å². The maximum atomic E-state index is 10.3. The lowest BCUT2D eigenvalue weighted by atomic mass is 10.3. The molecule has 0 unspecified atom stereocenters. The Hall–Kier alpha value is -2.09. The zero-order chi connectivity index (χ0) is 11.0. The molecule has 0 spiro atoms. The highest BCUT2D eigenvalue weighted by atomic mass is 35.5. The van der Waals surface area contributed by atoms with Crippen LogP contribution in [0.4, 0.5) is 10.7 Å². The van der Waals surface area contributed by atoms with E-state index in [1.165, 1.54) is 10.6 Å². The normalized spacial score (nSPS) is 9.81. The minimum Gasteiger partial charge on any atom is -0.449 e. The number of rotatable bonds is 1. The first-order valence-corrected chi connectivity index (χ1v) is 3.97. The van der Waals surface area contributed by atoms with Crippen LogP contribution in [-0.2, 0) is 0 Å². The van der Waals surface area contributed by atoms with Crippen molar-refractivity contribution in [2.75, 3.05) is 5.73 Å². The molecule has 2 heterocycles. The molecule has 3 N–H and O–H groups in total. The van der Waals surface area contributed by atoms with Crippen LogP contribution in [0.2, 0.25) is 0 Å². The smallest absolute Gasteiger partial charge is 0.449 e. The number of aromatic nitrogens is 4. The molecule has 0 aromatic carbocycles. The fraction of sp³-hybridized carbons (Fsp3) is 0.143. The van der Waals surface area contributed by atoms with Crippen LogP contribution < -0.4 is 10.5 Å². The largest absolute Gasteiger partial charge is 0.512 e. The van der Waals surface area contributed by atoms with Crippen molar-refractivity contribution in [2.24, 2.45) is 0 Å². The van der Waals surface area contributed by atoms with Crippen molar-refractivity contribution >= 4 is 30.2 Å². The predicted octanol–water partition coefficient (Wildman–Crippen LogP) is 0.494. The third-order valence-corrected chi connectivity index (χ3v) is 1.75. The molecule has 0 aliphatic heterocycles. The highest BCUT2D eigenvalue weighted by Gasteiger charge is 2.10. The summed E-state index contributed by atoms with van der Waals surface area (Å²) < 4.78 is 5.62. The SMILES string of the molecule is Cc1cc(OC(=O)O)nn2c(N)nnc12.Cl. The summed E-state index contributed by atoms with van der Waals surface area (Å²) in [5.74, 6) is 0.00272. The zero-order valence-corrected chi connectivity index (χ0v) is 8.93. The van der Waals surface area contributed by atoms with Gasteiger partial charge in [-0.15, -0.1) is 27.7 Å². The van der Waals surface area contributed by atoms with E-state index < -0.39 is 6.16 Å². The van der Waals surface area contributed by atoms with Gasteiger partial charge in [-0.3, -0.25) is 0 Å².